The molecule has 0 saturated carbocycles. The first-order chi connectivity index (χ1) is 10.9. The number of carbonyl (C=O) groups excluding carboxylic acids is 2. The van der Waals surface area contributed by atoms with Crippen molar-refractivity contribution >= 4 is 28.6 Å². The van der Waals surface area contributed by atoms with Gasteiger partial charge in [0.1, 0.15) is 5.60 Å². The second-order valence-electron chi connectivity index (χ2n) is 6.53. The van der Waals surface area contributed by atoms with Gasteiger partial charge in [0.25, 0.3) is 0 Å². The number of benzene rings is 1. The number of ether oxygens (including phenoxy) is 1. The van der Waals surface area contributed by atoms with E-state index >= 15 is 0 Å². The molecule has 1 aromatic heterocycles. The van der Waals surface area contributed by atoms with Gasteiger partial charge in [0.15, 0.2) is 0 Å². The highest BCUT2D eigenvalue weighted by Crippen LogP contribution is 2.32. The van der Waals surface area contributed by atoms with Gasteiger partial charge in [-0.3, -0.25) is 9.36 Å². The minimum atomic E-state index is -0.522. The molecule has 0 atom stereocenters. The van der Waals surface area contributed by atoms with E-state index in [4.69, 9.17) is 4.74 Å². The Hall–Kier alpha value is -2.30. The molecule has 1 aliphatic heterocycles. The number of carbonyl (C=O) groups is 2. The molecule has 1 fully saturated rings. The standard InChI is InChI=1S/C18H22N2O3/c1-4-18(2,3)23-17(22)20-12-15(19-11-7-10-16(19)21)13-8-5-6-9-14(13)20/h5-6,8-9,12H,4,7,10-11H2,1-3H3. The largest absolute Gasteiger partial charge is 0.443 e. The number of hydrogen-bond acceptors (Lipinski definition) is 3. The van der Waals surface area contributed by atoms with E-state index in [-0.39, 0.29) is 5.91 Å². The second kappa shape index (κ2) is 5.72. The summed E-state index contributed by atoms with van der Waals surface area (Å²) < 4.78 is 7.11. The molecule has 0 N–H and O–H groups in total. The summed E-state index contributed by atoms with van der Waals surface area (Å²) in [6.45, 7) is 6.46. The topological polar surface area (TPSA) is 51.5 Å². The van der Waals surface area contributed by atoms with Crippen LogP contribution in [0.4, 0.5) is 10.5 Å². The van der Waals surface area contributed by atoms with E-state index in [1.165, 1.54) is 4.57 Å². The first kappa shape index (κ1) is 15.6. The summed E-state index contributed by atoms with van der Waals surface area (Å²) in [5.74, 6) is 0.107. The molecule has 0 aliphatic carbocycles. The number of hydrogen-bond donors (Lipinski definition) is 0. The predicted octanol–water partition coefficient (Wildman–Crippen LogP) is 3.94. The van der Waals surface area contributed by atoms with Gasteiger partial charge >= 0.3 is 6.09 Å². The number of anilines is 1. The maximum atomic E-state index is 12.6. The molecule has 0 bridgehead atoms. The molecular weight excluding hydrogens is 292 g/mol. The molecule has 0 radical (unpaired) electrons. The highest BCUT2D eigenvalue weighted by atomic mass is 16.6. The highest BCUT2D eigenvalue weighted by molar-refractivity contribution is 6.06. The lowest BCUT2D eigenvalue weighted by atomic mass is 10.1. The first-order valence-corrected chi connectivity index (χ1v) is 8.07. The van der Waals surface area contributed by atoms with E-state index in [0.29, 0.717) is 13.0 Å². The Morgan fingerprint density at radius 2 is 2.04 bits per heavy atom. The third kappa shape index (κ3) is 2.83. The fraction of sp³-hybridized carbons (Fsp3) is 0.444. The van der Waals surface area contributed by atoms with Gasteiger partial charge in [-0.05, 0) is 32.8 Å². The van der Waals surface area contributed by atoms with Gasteiger partial charge in [0.2, 0.25) is 5.91 Å². The molecule has 122 valence electrons. The van der Waals surface area contributed by atoms with Crippen molar-refractivity contribution in [1.82, 2.24) is 4.57 Å². The number of nitrogens with zero attached hydrogens (tertiary/aromatic N) is 2. The molecular formula is C18H22N2O3. The fourth-order valence-electron chi connectivity index (χ4n) is 2.79. The monoisotopic (exact) mass is 314 g/mol. The average molecular weight is 314 g/mol. The third-order valence-corrected chi connectivity index (χ3v) is 4.47. The van der Waals surface area contributed by atoms with Gasteiger partial charge in [-0.25, -0.2) is 4.79 Å². The van der Waals surface area contributed by atoms with E-state index in [9.17, 15) is 9.59 Å². The van der Waals surface area contributed by atoms with E-state index in [1.54, 1.807) is 11.1 Å². The number of para-hydroxylation sites is 1. The molecule has 3 rings (SSSR count). The summed E-state index contributed by atoms with van der Waals surface area (Å²) in [6.07, 6.45) is 3.46. The smallest absolute Gasteiger partial charge is 0.419 e. The second-order valence-corrected chi connectivity index (χ2v) is 6.53. The zero-order valence-electron chi connectivity index (χ0n) is 13.8. The van der Waals surface area contributed by atoms with Gasteiger partial charge in [0, 0.05) is 24.5 Å². The minimum absolute atomic E-state index is 0.107. The zero-order valence-corrected chi connectivity index (χ0v) is 13.8. The maximum absolute atomic E-state index is 12.6. The third-order valence-electron chi connectivity index (χ3n) is 4.47. The summed E-state index contributed by atoms with van der Waals surface area (Å²) in [4.78, 5) is 26.4. The Labute approximate surface area is 135 Å². The van der Waals surface area contributed by atoms with Crippen LogP contribution in [0.2, 0.25) is 0 Å². The van der Waals surface area contributed by atoms with Gasteiger partial charge in [-0.15, -0.1) is 0 Å². The molecule has 5 heteroatoms. The maximum Gasteiger partial charge on any atom is 0.419 e. The van der Waals surface area contributed by atoms with E-state index < -0.39 is 11.7 Å². The summed E-state index contributed by atoms with van der Waals surface area (Å²) in [5, 5.41) is 0.897. The number of aromatic nitrogens is 1. The van der Waals surface area contributed by atoms with Crippen LogP contribution in [0.3, 0.4) is 0 Å². The van der Waals surface area contributed by atoms with Crippen molar-refractivity contribution in [3.05, 3.63) is 30.5 Å². The van der Waals surface area contributed by atoms with Crippen molar-refractivity contribution in [2.24, 2.45) is 0 Å². The summed E-state index contributed by atoms with van der Waals surface area (Å²) >= 11 is 0. The van der Waals surface area contributed by atoms with Crippen molar-refractivity contribution < 1.29 is 14.3 Å². The van der Waals surface area contributed by atoms with Gasteiger partial charge < -0.3 is 9.64 Å². The van der Waals surface area contributed by atoms with Crippen molar-refractivity contribution in [1.29, 1.82) is 0 Å². The van der Waals surface area contributed by atoms with Gasteiger partial charge in [-0.2, -0.15) is 0 Å². The van der Waals surface area contributed by atoms with Crippen LogP contribution in [-0.2, 0) is 9.53 Å². The Morgan fingerprint density at radius 1 is 1.30 bits per heavy atom. The van der Waals surface area contributed by atoms with Crippen LogP contribution in [0.5, 0.6) is 0 Å². The van der Waals surface area contributed by atoms with Crippen LogP contribution in [0, 0.1) is 0 Å². The normalized spacial score (nSPS) is 15.4. The molecule has 5 nitrogen and oxygen atoms in total. The zero-order chi connectivity index (χ0) is 16.6. The lowest BCUT2D eigenvalue weighted by Gasteiger charge is -2.23. The van der Waals surface area contributed by atoms with Crippen molar-refractivity contribution in [3.8, 4) is 0 Å². The van der Waals surface area contributed by atoms with Crippen LogP contribution in [0.15, 0.2) is 30.5 Å². The summed E-state index contributed by atoms with van der Waals surface area (Å²) in [5.41, 5.74) is 1.03. The quantitative estimate of drug-likeness (QED) is 0.862. The highest BCUT2D eigenvalue weighted by Gasteiger charge is 2.28. The molecule has 23 heavy (non-hydrogen) atoms. The average Bonchev–Trinajstić information content (AvgIpc) is 3.10. The van der Waals surface area contributed by atoms with E-state index in [0.717, 1.165) is 29.4 Å². The fourth-order valence-corrected chi connectivity index (χ4v) is 2.79. The predicted molar refractivity (Wildman–Crippen MR) is 89.8 cm³/mol. The van der Waals surface area contributed by atoms with Crippen LogP contribution in [-0.4, -0.2) is 28.7 Å². The van der Waals surface area contributed by atoms with Crippen LogP contribution < -0.4 is 4.90 Å². The molecule has 0 unspecified atom stereocenters. The van der Waals surface area contributed by atoms with Gasteiger partial charge in [0.05, 0.1) is 11.2 Å². The van der Waals surface area contributed by atoms with E-state index in [1.807, 2.05) is 45.0 Å². The lowest BCUT2D eigenvalue weighted by molar-refractivity contribution is -0.117. The van der Waals surface area contributed by atoms with Crippen LogP contribution in [0.1, 0.15) is 40.0 Å². The molecule has 1 aromatic carbocycles. The van der Waals surface area contributed by atoms with E-state index in [2.05, 4.69) is 0 Å². The summed E-state index contributed by atoms with van der Waals surface area (Å²) in [6, 6.07) is 7.61. The van der Waals surface area contributed by atoms with Gasteiger partial charge in [-0.1, -0.05) is 25.1 Å². The minimum Gasteiger partial charge on any atom is -0.443 e. The Balaban J connectivity index is 2.04. The Bertz CT molecular complexity index is 761. The Kier molecular flexibility index (Phi) is 3.88. The van der Waals surface area contributed by atoms with Crippen LogP contribution in [0.25, 0.3) is 10.9 Å². The molecule has 1 aliphatic rings. The molecule has 1 amide bonds. The number of amides is 1. The van der Waals surface area contributed by atoms with Crippen LogP contribution >= 0.6 is 0 Å². The SMILES string of the molecule is CCC(C)(C)OC(=O)n1cc(N2CCCC2=O)c2ccccc21. The number of fused-ring (bicyclic) bond motifs is 1. The van der Waals surface area contributed by atoms with Crippen molar-refractivity contribution in [2.75, 3.05) is 11.4 Å². The van der Waals surface area contributed by atoms with Crippen molar-refractivity contribution in [2.45, 2.75) is 45.6 Å². The van der Waals surface area contributed by atoms with Crippen molar-refractivity contribution in [3.63, 3.8) is 0 Å². The molecule has 0 spiro atoms. The molecule has 2 heterocycles. The summed E-state index contributed by atoms with van der Waals surface area (Å²) in [7, 11) is 0. The first-order valence-electron chi connectivity index (χ1n) is 8.07. The number of rotatable bonds is 3. The molecule has 2 aromatic rings. The lowest BCUT2D eigenvalue weighted by Crippen LogP contribution is -2.29. The Morgan fingerprint density at radius 3 is 2.70 bits per heavy atom. The molecule has 1 saturated heterocycles.